The number of halogens is 1. The third-order valence-corrected chi connectivity index (χ3v) is 3.75. The van der Waals surface area contributed by atoms with Crippen LogP contribution < -0.4 is 5.32 Å². The standard InChI is InChI=1S/C17H16FN5O/c1-9(2)12-7-20-8-13(18)14(12)17(24)23-15(19)10-3-5-21-16-11(10)4-6-22-16/h3-9H,1-2H3,(H,21,22)(H2,19,23,24). The van der Waals surface area contributed by atoms with Crippen LogP contribution in [0.1, 0.15) is 41.3 Å². The van der Waals surface area contributed by atoms with Gasteiger partial charge in [-0.15, -0.1) is 0 Å². The summed E-state index contributed by atoms with van der Waals surface area (Å²) in [6.45, 7) is 3.70. The van der Waals surface area contributed by atoms with Gasteiger partial charge in [0.15, 0.2) is 5.82 Å². The SMILES string of the molecule is CC(C)c1cncc(F)c1C(=O)NC(=N)c1ccnc2[nH]ccc12. The molecule has 0 aliphatic rings. The van der Waals surface area contributed by atoms with Crippen LogP contribution in [0.15, 0.2) is 36.9 Å². The summed E-state index contributed by atoms with van der Waals surface area (Å²) >= 11 is 0. The van der Waals surface area contributed by atoms with Crippen molar-refractivity contribution in [3.05, 3.63) is 59.4 Å². The Morgan fingerprint density at radius 2 is 2.12 bits per heavy atom. The van der Waals surface area contributed by atoms with E-state index < -0.39 is 11.7 Å². The average molecular weight is 325 g/mol. The number of hydrogen-bond donors (Lipinski definition) is 3. The molecule has 0 aliphatic heterocycles. The van der Waals surface area contributed by atoms with Gasteiger partial charge in [0, 0.05) is 29.5 Å². The molecule has 0 saturated heterocycles. The van der Waals surface area contributed by atoms with Crippen LogP contribution >= 0.6 is 0 Å². The zero-order chi connectivity index (χ0) is 17.3. The summed E-state index contributed by atoms with van der Waals surface area (Å²) in [6, 6.07) is 3.40. The Morgan fingerprint density at radius 1 is 1.33 bits per heavy atom. The van der Waals surface area contributed by atoms with E-state index in [-0.39, 0.29) is 17.3 Å². The molecule has 7 heteroatoms. The lowest BCUT2D eigenvalue weighted by Gasteiger charge is -2.13. The van der Waals surface area contributed by atoms with Crippen molar-refractivity contribution in [2.75, 3.05) is 0 Å². The van der Waals surface area contributed by atoms with Gasteiger partial charge in [0.2, 0.25) is 0 Å². The first kappa shape index (κ1) is 15.8. The molecule has 0 unspecified atom stereocenters. The van der Waals surface area contributed by atoms with Crippen LogP contribution in [0.5, 0.6) is 0 Å². The number of nitrogens with zero attached hydrogens (tertiary/aromatic N) is 2. The normalized spacial score (nSPS) is 11.0. The van der Waals surface area contributed by atoms with E-state index in [9.17, 15) is 9.18 Å². The molecule has 0 radical (unpaired) electrons. The minimum atomic E-state index is -0.701. The highest BCUT2D eigenvalue weighted by Crippen LogP contribution is 2.21. The first-order chi connectivity index (χ1) is 11.5. The third kappa shape index (κ3) is 2.76. The number of nitrogens with one attached hydrogen (secondary N) is 3. The number of pyridine rings is 2. The van der Waals surface area contributed by atoms with Crippen LogP contribution in [0.2, 0.25) is 0 Å². The second-order valence-electron chi connectivity index (χ2n) is 5.67. The molecule has 3 rings (SSSR count). The fraction of sp³-hybridized carbons (Fsp3) is 0.176. The molecular formula is C17H16FN5O. The molecule has 3 aromatic heterocycles. The number of aromatic nitrogens is 3. The molecular weight excluding hydrogens is 309 g/mol. The highest BCUT2D eigenvalue weighted by Gasteiger charge is 2.21. The number of carbonyl (C=O) groups is 1. The van der Waals surface area contributed by atoms with Gasteiger partial charge in [-0.05, 0) is 23.6 Å². The van der Waals surface area contributed by atoms with E-state index in [1.807, 2.05) is 13.8 Å². The van der Waals surface area contributed by atoms with Gasteiger partial charge >= 0.3 is 0 Å². The smallest absolute Gasteiger partial charge is 0.260 e. The maximum Gasteiger partial charge on any atom is 0.260 e. The highest BCUT2D eigenvalue weighted by atomic mass is 19.1. The van der Waals surface area contributed by atoms with Crippen LogP contribution in [-0.2, 0) is 0 Å². The lowest BCUT2D eigenvalue weighted by atomic mass is 9.98. The minimum absolute atomic E-state index is 0.0690. The number of aromatic amines is 1. The van der Waals surface area contributed by atoms with Crippen molar-refractivity contribution >= 4 is 22.8 Å². The van der Waals surface area contributed by atoms with Gasteiger partial charge in [0.1, 0.15) is 11.5 Å². The third-order valence-electron chi connectivity index (χ3n) is 3.75. The van der Waals surface area contributed by atoms with E-state index in [2.05, 4.69) is 20.3 Å². The zero-order valence-corrected chi connectivity index (χ0v) is 13.2. The van der Waals surface area contributed by atoms with Crippen molar-refractivity contribution in [1.82, 2.24) is 20.3 Å². The Labute approximate surface area is 137 Å². The van der Waals surface area contributed by atoms with E-state index in [1.54, 1.807) is 24.5 Å². The zero-order valence-electron chi connectivity index (χ0n) is 13.2. The number of amides is 1. The van der Waals surface area contributed by atoms with E-state index in [1.165, 1.54) is 6.20 Å². The summed E-state index contributed by atoms with van der Waals surface area (Å²) in [5.74, 6) is -1.55. The lowest BCUT2D eigenvalue weighted by molar-refractivity contribution is 0.0971. The van der Waals surface area contributed by atoms with Gasteiger partial charge < -0.3 is 10.3 Å². The molecule has 0 bridgehead atoms. The fourth-order valence-electron chi connectivity index (χ4n) is 2.55. The van der Waals surface area contributed by atoms with Crippen LogP contribution in [0.4, 0.5) is 4.39 Å². The number of fused-ring (bicyclic) bond motifs is 1. The molecule has 6 nitrogen and oxygen atoms in total. The summed E-state index contributed by atoms with van der Waals surface area (Å²) in [6.07, 6.45) is 5.72. The molecule has 0 spiro atoms. The summed E-state index contributed by atoms with van der Waals surface area (Å²) in [4.78, 5) is 23.4. The van der Waals surface area contributed by atoms with Crippen molar-refractivity contribution in [3.8, 4) is 0 Å². The van der Waals surface area contributed by atoms with Crippen molar-refractivity contribution in [2.24, 2.45) is 0 Å². The van der Waals surface area contributed by atoms with Gasteiger partial charge in [-0.3, -0.25) is 15.2 Å². The second kappa shape index (κ2) is 6.19. The second-order valence-corrected chi connectivity index (χ2v) is 5.67. The van der Waals surface area contributed by atoms with Crippen molar-refractivity contribution in [1.29, 1.82) is 5.41 Å². The molecule has 0 aromatic carbocycles. The van der Waals surface area contributed by atoms with Crippen molar-refractivity contribution in [3.63, 3.8) is 0 Å². The fourth-order valence-corrected chi connectivity index (χ4v) is 2.55. The predicted octanol–water partition coefficient (Wildman–Crippen LogP) is 2.98. The molecule has 0 aliphatic carbocycles. The number of hydrogen-bond acceptors (Lipinski definition) is 4. The average Bonchev–Trinajstić information content (AvgIpc) is 3.02. The van der Waals surface area contributed by atoms with Crippen LogP contribution in [-0.4, -0.2) is 26.7 Å². The number of H-pyrrole nitrogens is 1. The summed E-state index contributed by atoms with van der Waals surface area (Å²) in [5, 5.41) is 11.3. The van der Waals surface area contributed by atoms with Gasteiger partial charge in [-0.2, -0.15) is 0 Å². The Bertz CT molecular complexity index is 932. The van der Waals surface area contributed by atoms with Crippen LogP contribution in [0, 0.1) is 11.2 Å². The molecule has 0 saturated carbocycles. The molecule has 0 atom stereocenters. The lowest BCUT2D eigenvalue weighted by Crippen LogP contribution is -2.32. The topological polar surface area (TPSA) is 94.5 Å². The van der Waals surface area contributed by atoms with Gasteiger partial charge in [-0.25, -0.2) is 9.37 Å². The van der Waals surface area contributed by atoms with Gasteiger partial charge in [0.25, 0.3) is 5.91 Å². The minimum Gasteiger partial charge on any atom is -0.346 e. The first-order valence-corrected chi connectivity index (χ1v) is 7.44. The van der Waals surface area contributed by atoms with E-state index in [0.717, 1.165) is 6.20 Å². The Hall–Kier alpha value is -3.09. The number of amidine groups is 1. The Morgan fingerprint density at radius 3 is 2.88 bits per heavy atom. The van der Waals surface area contributed by atoms with Crippen LogP contribution in [0.3, 0.4) is 0 Å². The molecule has 122 valence electrons. The summed E-state index contributed by atoms with van der Waals surface area (Å²) in [7, 11) is 0. The Kier molecular flexibility index (Phi) is 4.07. The van der Waals surface area contributed by atoms with Gasteiger partial charge in [0.05, 0.1) is 11.8 Å². The van der Waals surface area contributed by atoms with E-state index >= 15 is 0 Å². The van der Waals surface area contributed by atoms with Crippen molar-refractivity contribution in [2.45, 2.75) is 19.8 Å². The summed E-state index contributed by atoms with van der Waals surface area (Å²) in [5.41, 5.74) is 1.55. The number of rotatable bonds is 3. The maximum absolute atomic E-state index is 14.1. The Balaban J connectivity index is 1.93. The van der Waals surface area contributed by atoms with Crippen LogP contribution in [0.25, 0.3) is 11.0 Å². The monoisotopic (exact) mass is 325 g/mol. The molecule has 3 N–H and O–H groups in total. The van der Waals surface area contributed by atoms with E-state index in [0.29, 0.717) is 22.2 Å². The highest BCUT2D eigenvalue weighted by molar-refractivity contribution is 6.16. The summed E-state index contributed by atoms with van der Waals surface area (Å²) < 4.78 is 14.1. The maximum atomic E-state index is 14.1. The van der Waals surface area contributed by atoms with E-state index in [4.69, 9.17) is 5.41 Å². The molecule has 24 heavy (non-hydrogen) atoms. The molecule has 3 aromatic rings. The predicted molar refractivity (Wildman–Crippen MR) is 88.7 cm³/mol. The van der Waals surface area contributed by atoms with Crippen molar-refractivity contribution < 1.29 is 9.18 Å². The quantitative estimate of drug-likeness (QED) is 0.510. The molecule has 1 amide bonds. The van der Waals surface area contributed by atoms with Gasteiger partial charge in [-0.1, -0.05) is 13.8 Å². The first-order valence-electron chi connectivity index (χ1n) is 7.44. The number of carbonyl (C=O) groups excluding carboxylic acids is 1. The molecule has 3 heterocycles. The largest absolute Gasteiger partial charge is 0.346 e. The molecule has 0 fully saturated rings.